The van der Waals surface area contributed by atoms with Crippen LogP contribution in [0, 0.1) is 21.7 Å². The van der Waals surface area contributed by atoms with Crippen molar-refractivity contribution in [3.05, 3.63) is 33.9 Å². The third-order valence-corrected chi connectivity index (χ3v) is 2.17. The second-order valence-electron chi connectivity index (χ2n) is 3.86. The number of rotatable bonds is 5. The van der Waals surface area contributed by atoms with Gasteiger partial charge < -0.3 is 14.9 Å². The summed E-state index contributed by atoms with van der Waals surface area (Å²) in [6.45, 7) is 0.0471. The summed E-state index contributed by atoms with van der Waals surface area (Å²) >= 11 is 0. The number of nitro groups is 1. The number of carboxylic acid groups (broad SMARTS) is 1. The normalized spacial score (nSPS) is 13.7. The molecule has 0 amide bonds. The Kier molecular flexibility index (Phi) is 4.00. The van der Waals surface area contributed by atoms with Crippen LogP contribution in [-0.4, -0.2) is 33.3 Å². The lowest BCUT2D eigenvalue weighted by Gasteiger charge is -2.18. The fourth-order valence-corrected chi connectivity index (χ4v) is 1.05. The van der Waals surface area contributed by atoms with Crippen molar-refractivity contribution >= 4 is 11.7 Å². The van der Waals surface area contributed by atoms with Gasteiger partial charge in [0.15, 0.2) is 17.2 Å². The quantitative estimate of drug-likeness (QED) is 0.615. The highest BCUT2D eigenvalue weighted by atomic mass is 19.1. The van der Waals surface area contributed by atoms with Crippen LogP contribution in [0.2, 0.25) is 0 Å². The number of nitro benzene ring substituents is 1. The highest BCUT2D eigenvalue weighted by molar-refractivity contribution is 5.76. The molecular weight excluding hydrogens is 268 g/mol. The lowest BCUT2D eigenvalue weighted by molar-refractivity contribution is -0.387. The Bertz CT molecular complexity index is 531. The van der Waals surface area contributed by atoms with Gasteiger partial charge in [0.05, 0.1) is 11.0 Å². The number of aliphatic hydroxyl groups is 1. The monoisotopic (exact) mass is 277 g/mol. The molecular formula is C10H9F2NO6. The molecule has 0 saturated carbocycles. The predicted molar refractivity (Wildman–Crippen MR) is 56.8 cm³/mol. The van der Waals surface area contributed by atoms with E-state index in [9.17, 15) is 28.8 Å². The summed E-state index contributed by atoms with van der Waals surface area (Å²) in [6, 6.07) is 0.714. The molecule has 0 fully saturated rings. The van der Waals surface area contributed by atoms with Gasteiger partial charge in [-0.25, -0.2) is 9.18 Å². The van der Waals surface area contributed by atoms with E-state index >= 15 is 0 Å². The molecule has 104 valence electrons. The van der Waals surface area contributed by atoms with E-state index in [1.165, 1.54) is 0 Å². The second-order valence-corrected chi connectivity index (χ2v) is 3.86. The highest BCUT2D eigenvalue weighted by Crippen LogP contribution is 2.26. The summed E-state index contributed by atoms with van der Waals surface area (Å²) in [5, 5.41) is 28.2. The van der Waals surface area contributed by atoms with E-state index in [1.54, 1.807) is 0 Å². The van der Waals surface area contributed by atoms with E-state index in [2.05, 4.69) is 4.74 Å². The first kappa shape index (κ1) is 14.8. The van der Waals surface area contributed by atoms with Crippen molar-refractivity contribution in [1.82, 2.24) is 0 Å². The zero-order valence-corrected chi connectivity index (χ0v) is 9.59. The first-order chi connectivity index (χ1) is 8.65. The minimum Gasteiger partial charge on any atom is -0.487 e. The molecule has 1 aromatic carbocycles. The molecule has 0 bridgehead atoms. The SMILES string of the molecule is CC(O)(COc1cc(F)c([N+](=O)[O-])cc1F)C(=O)O. The van der Waals surface area contributed by atoms with Gasteiger partial charge in [-0.2, -0.15) is 4.39 Å². The van der Waals surface area contributed by atoms with Gasteiger partial charge in [-0.1, -0.05) is 0 Å². The Morgan fingerprint density at radius 2 is 2.05 bits per heavy atom. The maximum atomic E-state index is 13.3. The van der Waals surface area contributed by atoms with Crippen LogP contribution in [0.15, 0.2) is 12.1 Å². The highest BCUT2D eigenvalue weighted by Gasteiger charge is 2.31. The van der Waals surface area contributed by atoms with Crippen LogP contribution in [0.1, 0.15) is 6.92 Å². The molecule has 0 aliphatic rings. The van der Waals surface area contributed by atoms with Crippen LogP contribution in [0.4, 0.5) is 14.5 Å². The third-order valence-electron chi connectivity index (χ3n) is 2.17. The number of nitrogens with zero attached hydrogens (tertiary/aromatic N) is 1. The van der Waals surface area contributed by atoms with Crippen molar-refractivity contribution in [2.75, 3.05) is 6.61 Å². The predicted octanol–water partition coefficient (Wildman–Crippen LogP) is 1.09. The second kappa shape index (κ2) is 5.14. The van der Waals surface area contributed by atoms with E-state index in [4.69, 9.17) is 5.11 Å². The molecule has 9 heteroatoms. The Labute approximate surface area is 105 Å². The molecule has 19 heavy (non-hydrogen) atoms. The summed E-state index contributed by atoms with van der Waals surface area (Å²) < 4.78 is 31.1. The van der Waals surface area contributed by atoms with E-state index in [1.807, 2.05) is 0 Å². The zero-order chi connectivity index (χ0) is 14.8. The van der Waals surface area contributed by atoms with Crippen molar-refractivity contribution in [3.8, 4) is 5.75 Å². The topological polar surface area (TPSA) is 110 Å². The molecule has 1 unspecified atom stereocenters. The molecule has 0 aromatic heterocycles. The Morgan fingerprint density at radius 3 is 2.53 bits per heavy atom. The molecule has 1 rings (SSSR count). The van der Waals surface area contributed by atoms with Gasteiger partial charge in [0.1, 0.15) is 6.61 Å². The molecule has 7 nitrogen and oxygen atoms in total. The molecule has 0 saturated heterocycles. The summed E-state index contributed by atoms with van der Waals surface area (Å²) in [6.07, 6.45) is 0. The van der Waals surface area contributed by atoms with Gasteiger partial charge in [-0.15, -0.1) is 0 Å². The molecule has 2 N–H and O–H groups in total. The molecule has 0 heterocycles. The van der Waals surface area contributed by atoms with Gasteiger partial charge in [0.2, 0.25) is 5.82 Å². The van der Waals surface area contributed by atoms with Gasteiger partial charge in [0.25, 0.3) is 0 Å². The summed E-state index contributed by atoms with van der Waals surface area (Å²) in [4.78, 5) is 19.8. The summed E-state index contributed by atoms with van der Waals surface area (Å²) in [5.74, 6) is -4.93. The number of hydrogen-bond acceptors (Lipinski definition) is 5. The first-order valence-corrected chi connectivity index (χ1v) is 4.87. The number of carbonyl (C=O) groups is 1. The van der Waals surface area contributed by atoms with Crippen LogP contribution >= 0.6 is 0 Å². The number of benzene rings is 1. The number of aliphatic carboxylic acids is 1. The maximum Gasteiger partial charge on any atom is 0.339 e. The van der Waals surface area contributed by atoms with Crippen molar-refractivity contribution in [2.45, 2.75) is 12.5 Å². The maximum absolute atomic E-state index is 13.3. The lowest BCUT2D eigenvalue weighted by atomic mass is 10.1. The molecule has 0 aliphatic heterocycles. The number of halogens is 2. The minimum atomic E-state index is -2.30. The third kappa shape index (κ3) is 3.35. The average Bonchev–Trinajstić information content (AvgIpc) is 2.29. The molecule has 0 spiro atoms. The Balaban J connectivity index is 2.95. The largest absolute Gasteiger partial charge is 0.487 e. The minimum absolute atomic E-state index is 0.306. The Morgan fingerprint density at radius 1 is 1.47 bits per heavy atom. The molecule has 0 radical (unpaired) electrons. The van der Waals surface area contributed by atoms with E-state index < -0.39 is 46.2 Å². The summed E-state index contributed by atoms with van der Waals surface area (Å²) in [7, 11) is 0. The smallest absolute Gasteiger partial charge is 0.339 e. The molecule has 1 atom stereocenters. The molecule has 0 aliphatic carbocycles. The van der Waals surface area contributed by atoms with Crippen LogP contribution in [0.25, 0.3) is 0 Å². The Hall–Kier alpha value is -2.29. The van der Waals surface area contributed by atoms with E-state index in [0.29, 0.717) is 12.1 Å². The number of ether oxygens (including phenoxy) is 1. The average molecular weight is 277 g/mol. The van der Waals surface area contributed by atoms with Gasteiger partial charge in [-0.3, -0.25) is 10.1 Å². The van der Waals surface area contributed by atoms with Gasteiger partial charge in [-0.05, 0) is 6.92 Å². The van der Waals surface area contributed by atoms with Crippen molar-refractivity contribution in [2.24, 2.45) is 0 Å². The van der Waals surface area contributed by atoms with E-state index in [-0.39, 0.29) is 0 Å². The van der Waals surface area contributed by atoms with E-state index in [0.717, 1.165) is 6.92 Å². The van der Waals surface area contributed by atoms with Crippen LogP contribution < -0.4 is 4.74 Å². The van der Waals surface area contributed by atoms with Gasteiger partial charge in [0, 0.05) is 6.07 Å². The fourth-order valence-electron chi connectivity index (χ4n) is 1.05. The van der Waals surface area contributed by atoms with Crippen LogP contribution in [0.5, 0.6) is 5.75 Å². The standard InChI is InChI=1S/C10H9F2NO6/c1-10(16,9(14)15)4-19-8-3-5(11)7(13(17)18)2-6(8)12/h2-3,16H,4H2,1H3,(H,14,15). The van der Waals surface area contributed by atoms with Crippen LogP contribution in [0.3, 0.4) is 0 Å². The molecule has 1 aromatic rings. The fraction of sp³-hybridized carbons (Fsp3) is 0.300. The number of hydrogen-bond donors (Lipinski definition) is 2. The van der Waals surface area contributed by atoms with Crippen molar-refractivity contribution in [3.63, 3.8) is 0 Å². The number of carboxylic acids is 1. The van der Waals surface area contributed by atoms with Crippen molar-refractivity contribution in [1.29, 1.82) is 0 Å². The van der Waals surface area contributed by atoms with Crippen molar-refractivity contribution < 1.29 is 33.4 Å². The van der Waals surface area contributed by atoms with Gasteiger partial charge >= 0.3 is 11.7 Å². The first-order valence-electron chi connectivity index (χ1n) is 4.87. The summed E-state index contributed by atoms with van der Waals surface area (Å²) in [5.41, 5.74) is -3.38. The van der Waals surface area contributed by atoms with Crippen LogP contribution in [-0.2, 0) is 4.79 Å². The lowest BCUT2D eigenvalue weighted by Crippen LogP contribution is -2.41. The zero-order valence-electron chi connectivity index (χ0n) is 9.59.